The molecule has 0 radical (unpaired) electrons. The van der Waals surface area contributed by atoms with Gasteiger partial charge in [-0.25, -0.2) is 14.4 Å². The van der Waals surface area contributed by atoms with Gasteiger partial charge in [-0.2, -0.15) is 0 Å². The summed E-state index contributed by atoms with van der Waals surface area (Å²) in [5, 5.41) is 12.6. The van der Waals surface area contributed by atoms with Crippen LogP contribution in [0.2, 0.25) is 0 Å². The van der Waals surface area contributed by atoms with Gasteiger partial charge in [0.1, 0.15) is 17.3 Å². The Bertz CT molecular complexity index is 1490. The fourth-order valence-corrected chi connectivity index (χ4v) is 6.68. The van der Waals surface area contributed by atoms with Crippen LogP contribution in [0, 0.1) is 5.82 Å². The first kappa shape index (κ1) is 26.9. The number of carbonyl (C=O) groups excluding carboxylic acids is 1. The zero-order chi connectivity index (χ0) is 27.8. The lowest BCUT2D eigenvalue weighted by atomic mass is 9.90. The fraction of sp³-hybridized carbons (Fsp3) is 0.433. The summed E-state index contributed by atoms with van der Waals surface area (Å²) in [7, 11) is 2.03. The number of nitrogens with zero attached hydrogens (tertiary/aromatic N) is 6. The molecule has 1 N–H and O–H groups in total. The van der Waals surface area contributed by atoms with Gasteiger partial charge in [0.05, 0.1) is 24.0 Å². The highest BCUT2D eigenvalue weighted by atomic mass is 32.1. The number of aryl methyl sites for hydroxylation is 1. The number of hydrogen-bond donors (Lipinski definition) is 1. The van der Waals surface area contributed by atoms with Crippen molar-refractivity contribution in [2.75, 3.05) is 44.7 Å². The molecule has 3 aromatic heterocycles. The molecule has 6 rings (SSSR count). The van der Waals surface area contributed by atoms with Gasteiger partial charge in [-0.1, -0.05) is 13.0 Å². The number of benzene rings is 1. The minimum absolute atomic E-state index is 0.124. The number of aliphatic hydroxyl groups is 1. The molecule has 2 saturated heterocycles. The summed E-state index contributed by atoms with van der Waals surface area (Å²) < 4.78 is 15.6. The summed E-state index contributed by atoms with van der Waals surface area (Å²) in [6, 6.07) is 10.7. The zero-order valence-electron chi connectivity index (χ0n) is 23.0. The van der Waals surface area contributed by atoms with Crippen molar-refractivity contribution in [1.29, 1.82) is 0 Å². The Hall–Kier alpha value is -3.34. The molecule has 1 amide bonds. The summed E-state index contributed by atoms with van der Waals surface area (Å²) in [4.78, 5) is 28.5. The summed E-state index contributed by atoms with van der Waals surface area (Å²) in [5.74, 6) is 1.29. The highest BCUT2D eigenvalue weighted by molar-refractivity contribution is 7.14. The standard InChI is InChI=1S/C30H35FN6O2S/c1-3-25-29(34(2)30-33-26(19-40-30)21-4-7-23(31)8-5-21)37-16-22(6-9-27(37)32-25)20-10-13-35(14-11-20)18-28(39)36-15-12-24(38)17-36/h4-9,16,19-20,24,38H,3,10-15,17-18H2,1-2H3/t24-/m0/s1. The summed E-state index contributed by atoms with van der Waals surface area (Å²) in [6.45, 7) is 5.44. The molecule has 0 spiro atoms. The van der Waals surface area contributed by atoms with Crippen LogP contribution in [0.3, 0.4) is 0 Å². The molecule has 2 fully saturated rings. The van der Waals surface area contributed by atoms with Gasteiger partial charge in [-0.3, -0.25) is 14.1 Å². The molecule has 0 aliphatic carbocycles. The molecule has 2 aliphatic rings. The molecule has 0 saturated carbocycles. The number of piperidine rings is 1. The summed E-state index contributed by atoms with van der Waals surface area (Å²) in [6.07, 6.45) is 5.31. The molecule has 1 atom stereocenters. The third-order valence-electron chi connectivity index (χ3n) is 8.19. The molecule has 0 unspecified atom stereocenters. The first-order valence-electron chi connectivity index (χ1n) is 14.0. The van der Waals surface area contributed by atoms with Crippen molar-refractivity contribution in [1.82, 2.24) is 24.2 Å². The number of carbonyl (C=O) groups is 1. The molecule has 210 valence electrons. The highest BCUT2D eigenvalue weighted by Gasteiger charge is 2.28. The number of hydrogen-bond acceptors (Lipinski definition) is 7. The van der Waals surface area contributed by atoms with Crippen LogP contribution >= 0.6 is 11.3 Å². The van der Waals surface area contributed by atoms with Gasteiger partial charge in [0, 0.05) is 37.3 Å². The van der Waals surface area contributed by atoms with Crippen molar-refractivity contribution in [2.45, 2.75) is 44.6 Å². The van der Waals surface area contributed by atoms with Crippen LogP contribution in [0.1, 0.15) is 43.4 Å². The molecule has 5 heterocycles. The molecule has 8 nitrogen and oxygen atoms in total. The lowest BCUT2D eigenvalue weighted by Gasteiger charge is -2.32. The molecule has 2 aliphatic heterocycles. The lowest BCUT2D eigenvalue weighted by Crippen LogP contribution is -2.42. The number of anilines is 2. The SMILES string of the molecule is CCc1nc2ccc(C3CCN(CC(=O)N4CC[C@H](O)C4)CC3)cn2c1N(C)c1nc(-c2ccc(F)cc2)cs1. The summed E-state index contributed by atoms with van der Waals surface area (Å²) >= 11 is 1.56. The maximum Gasteiger partial charge on any atom is 0.236 e. The van der Waals surface area contributed by atoms with Gasteiger partial charge >= 0.3 is 0 Å². The largest absolute Gasteiger partial charge is 0.391 e. The predicted molar refractivity (Wildman–Crippen MR) is 156 cm³/mol. The van der Waals surface area contributed by atoms with Crippen molar-refractivity contribution in [3.8, 4) is 11.3 Å². The van der Waals surface area contributed by atoms with E-state index in [0.29, 0.717) is 32.0 Å². The van der Waals surface area contributed by atoms with Crippen molar-refractivity contribution in [3.63, 3.8) is 0 Å². The molecule has 40 heavy (non-hydrogen) atoms. The second-order valence-electron chi connectivity index (χ2n) is 10.8. The van der Waals surface area contributed by atoms with Crippen LogP contribution in [-0.2, 0) is 11.2 Å². The number of amides is 1. The third-order valence-corrected chi connectivity index (χ3v) is 9.11. The molecule has 4 aromatic rings. The maximum absolute atomic E-state index is 13.4. The Kier molecular flexibility index (Phi) is 7.57. The number of aromatic nitrogens is 3. The molecule has 1 aromatic carbocycles. The van der Waals surface area contributed by atoms with Crippen LogP contribution < -0.4 is 4.90 Å². The van der Waals surface area contributed by atoms with E-state index in [1.807, 2.05) is 12.4 Å². The minimum Gasteiger partial charge on any atom is -0.391 e. The lowest BCUT2D eigenvalue weighted by molar-refractivity contribution is -0.132. The van der Waals surface area contributed by atoms with Gasteiger partial charge in [-0.15, -0.1) is 11.3 Å². The van der Waals surface area contributed by atoms with Crippen molar-refractivity contribution in [2.24, 2.45) is 0 Å². The van der Waals surface area contributed by atoms with E-state index in [1.54, 1.807) is 28.4 Å². The van der Waals surface area contributed by atoms with Gasteiger partial charge in [-0.05, 0) is 80.6 Å². The first-order chi connectivity index (χ1) is 19.4. The van der Waals surface area contributed by atoms with E-state index in [1.165, 1.54) is 17.7 Å². The minimum atomic E-state index is -0.377. The van der Waals surface area contributed by atoms with E-state index < -0.39 is 0 Å². The number of thiazole rings is 1. The number of fused-ring (bicyclic) bond motifs is 1. The van der Waals surface area contributed by atoms with E-state index in [4.69, 9.17) is 9.97 Å². The van der Waals surface area contributed by atoms with Crippen LogP contribution in [0.5, 0.6) is 0 Å². The van der Waals surface area contributed by atoms with Crippen LogP contribution in [0.25, 0.3) is 16.9 Å². The third kappa shape index (κ3) is 5.35. The Labute approximate surface area is 237 Å². The number of halogens is 1. The monoisotopic (exact) mass is 562 g/mol. The smallest absolute Gasteiger partial charge is 0.236 e. The van der Waals surface area contributed by atoms with E-state index in [2.05, 4.69) is 39.5 Å². The Morgan fingerprint density at radius 3 is 2.58 bits per heavy atom. The van der Waals surface area contributed by atoms with Gasteiger partial charge in [0.2, 0.25) is 5.91 Å². The van der Waals surface area contributed by atoms with Gasteiger partial charge < -0.3 is 14.9 Å². The van der Waals surface area contributed by atoms with Gasteiger partial charge in [0.15, 0.2) is 5.13 Å². The number of pyridine rings is 1. The van der Waals surface area contributed by atoms with Crippen molar-refractivity contribution in [3.05, 3.63) is 65.0 Å². The molecule has 0 bridgehead atoms. The van der Waals surface area contributed by atoms with Crippen molar-refractivity contribution >= 4 is 33.8 Å². The van der Waals surface area contributed by atoms with E-state index in [-0.39, 0.29) is 17.8 Å². The fourth-order valence-electron chi connectivity index (χ4n) is 5.88. The number of aliphatic hydroxyl groups excluding tert-OH is 1. The normalized spacial score (nSPS) is 18.6. The first-order valence-corrected chi connectivity index (χ1v) is 14.9. The van der Waals surface area contributed by atoms with E-state index >= 15 is 0 Å². The Morgan fingerprint density at radius 1 is 1.10 bits per heavy atom. The number of rotatable bonds is 7. The average Bonchev–Trinajstić information content (AvgIpc) is 3.71. The van der Waals surface area contributed by atoms with E-state index in [9.17, 15) is 14.3 Å². The quantitative estimate of drug-likeness (QED) is 0.352. The Balaban J connectivity index is 1.19. The number of imidazole rings is 1. The molecular formula is C30H35FN6O2S. The second kappa shape index (κ2) is 11.3. The highest BCUT2D eigenvalue weighted by Crippen LogP contribution is 2.35. The summed E-state index contributed by atoms with van der Waals surface area (Å²) in [5.41, 5.74) is 4.92. The van der Waals surface area contributed by atoms with Gasteiger partial charge in [0.25, 0.3) is 0 Å². The van der Waals surface area contributed by atoms with Crippen LogP contribution in [0.4, 0.5) is 15.3 Å². The predicted octanol–water partition coefficient (Wildman–Crippen LogP) is 4.70. The average molecular weight is 563 g/mol. The topological polar surface area (TPSA) is 77.2 Å². The maximum atomic E-state index is 13.4. The Morgan fingerprint density at radius 2 is 1.88 bits per heavy atom. The number of likely N-dealkylation sites (tertiary alicyclic amines) is 2. The van der Waals surface area contributed by atoms with Crippen molar-refractivity contribution < 1.29 is 14.3 Å². The van der Waals surface area contributed by atoms with Crippen LogP contribution in [-0.4, -0.2) is 81.1 Å². The molecular weight excluding hydrogens is 527 g/mol. The molecule has 10 heteroatoms. The van der Waals surface area contributed by atoms with Crippen LogP contribution in [0.15, 0.2) is 48.0 Å². The number of β-amino-alcohol motifs (C(OH)–C–C–N with tert-alkyl or cyclic N) is 1. The second-order valence-corrected chi connectivity index (χ2v) is 11.7. The van der Waals surface area contributed by atoms with E-state index in [0.717, 1.165) is 65.9 Å². The zero-order valence-corrected chi connectivity index (χ0v) is 23.8.